The van der Waals surface area contributed by atoms with E-state index < -0.39 is 18.4 Å². The zero-order chi connectivity index (χ0) is 26.7. The number of hydrogen-bond donors (Lipinski definition) is 2. The lowest BCUT2D eigenvalue weighted by molar-refractivity contribution is -0.137. The highest BCUT2D eigenvalue weighted by Gasteiger charge is 2.30. The molecule has 0 radical (unpaired) electrons. The molecule has 2 N–H and O–H groups in total. The van der Waals surface area contributed by atoms with Crippen LogP contribution in [0, 0.1) is 5.92 Å². The summed E-state index contributed by atoms with van der Waals surface area (Å²) in [5.74, 6) is 2.07. The third-order valence-electron chi connectivity index (χ3n) is 7.23. The second-order valence-electron chi connectivity index (χ2n) is 9.81. The van der Waals surface area contributed by atoms with Crippen molar-refractivity contribution in [1.82, 2.24) is 19.9 Å². The Bertz CT molecular complexity index is 1250. The maximum absolute atomic E-state index is 13.6. The minimum atomic E-state index is -4.41. The van der Waals surface area contributed by atoms with E-state index in [-0.39, 0.29) is 6.61 Å². The van der Waals surface area contributed by atoms with E-state index in [1.807, 2.05) is 4.90 Å². The number of rotatable bonds is 7. The van der Waals surface area contributed by atoms with Crippen molar-refractivity contribution >= 4 is 17.3 Å². The van der Waals surface area contributed by atoms with Crippen LogP contribution in [-0.2, 0) is 32.4 Å². The number of fused-ring (bicyclic) bond motifs is 1. The molecular weight excluding hydrogens is 500 g/mol. The summed E-state index contributed by atoms with van der Waals surface area (Å²) in [4.78, 5) is 18.3. The van der Waals surface area contributed by atoms with Crippen LogP contribution in [0.25, 0.3) is 0 Å². The fourth-order valence-corrected chi connectivity index (χ4v) is 5.06. The number of aliphatic hydroxyl groups is 1. The molecule has 0 atom stereocenters. The summed E-state index contributed by atoms with van der Waals surface area (Å²) >= 11 is 0. The predicted octanol–water partition coefficient (Wildman–Crippen LogP) is 4.87. The zero-order valence-corrected chi connectivity index (χ0v) is 20.9. The molecule has 7 nitrogen and oxygen atoms in total. The molecule has 0 bridgehead atoms. The number of aliphatic hydroxyl groups excluding tert-OH is 1. The van der Waals surface area contributed by atoms with Crippen molar-refractivity contribution in [3.63, 3.8) is 0 Å². The summed E-state index contributed by atoms with van der Waals surface area (Å²) in [6.07, 6.45) is -0.391. The molecule has 0 amide bonds. The van der Waals surface area contributed by atoms with Crippen molar-refractivity contribution in [3.05, 3.63) is 70.8 Å². The van der Waals surface area contributed by atoms with Crippen LogP contribution in [0.1, 0.15) is 41.1 Å². The summed E-state index contributed by atoms with van der Waals surface area (Å²) in [6.45, 7) is 2.74. The quantitative estimate of drug-likeness (QED) is 0.422. The number of alkyl halides is 4. The van der Waals surface area contributed by atoms with Gasteiger partial charge in [0.05, 0.1) is 24.3 Å². The second kappa shape index (κ2) is 11.2. The maximum Gasteiger partial charge on any atom is 0.416 e. The van der Waals surface area contributed by atoms with E-state index in [1.165, 1.54) is 12.1 Å². The van der Waals surface area contributed by atoms with Gasteiger partial charge in [-0.3, -0.25) is 4.90 Å². The van der Waals surface area contributed by atoms with Crippen LogP contribution >= 0.6 is 0 Å². The van der Waals surface area contributed by atoms with E-state index in [9.17, 15) is 22.7 Å². The SMILES string of the molecule is OCC1CCN(Cc2nc3c(c(Nc4ccc(C(F)(F)F)cc4)n2)CCN(c2ncccc2CF)C3)CC1. The fraction of sp³-hybridized carbons (Fsp3) is 0.444. The molecule has 0 spiro atoms. The van der Waals surface area contributed by atoms with Crippen molar-refractivity contribution in [1.29, 1.82) is 0 Å². The van der Waals surface area contributed by atoms with Crippen LogP contribution in [0.15, 0.2) is 42.6 Å². The molecule has 5 rings (SSSR count). The number of piperidine rings is 1. The Labute approximate surface area is 218 Å². The van der Waals surface area contributed by atoms with Gasteiger partial charge in [0.1, 0.15) is 24.1 Å². The van der Waals surface area contributed by atoms with Crippen LogP contribution in [0.3, 0.4) is 0 Å². The maximum atomic E-state index is 13.6. The number of anilines is 3. The molecule has 0 unspecified atom stereocenters. The largest absolute Gasteiger partial charge is 0.416 e. The Kier molecular flexibility index (Phi) is 7.75. The van der Waals surface area contributed by atoms with E-state index in [2.05, 4.69) is 15.2 Å². The Morgan fingerprint density at radius 3 is 2.47 bits per heavy atom. The number of pyridine rings is 1. The van der Waals surface area contributed by atoms with Crippen molar-refractivity contribution < 1.29 is 22.7 Å². The molecule has 2 aliphatic rings. The first-order chi connectivity index (χ1) is 18.3. The Morgan fingerprint density at radius 2 is 1.79 bits per heavy atom. The summed E-state index contributed by atoms with van der Waals surface area (Å²) in [7, 11) is 0. The number of benzene rings is 1. The summed E-state index contributed by atoms with van der Waals surface area (Å²) in [5, 5.41) is 12.7. The van der Waals surface area contributed by atoms with Gasteiger partial charge < -0.3 is 15.3 Å². The van der Waals surface area contributed by atoms with Gasteiger partial charge in [0.2, 0.25) is 0 Å². The van der Waals surface area contributed by atoms with Gasteiger partial charge in [0.25, 0.3) is 0 Å². The number of nitrogens with one attached hydrogen (secondary N) is 1. The van der Waals surface area contributed by atoms with Crippen molar-refractivity contribution in [3.8, 4) is 0 Å². The van der Waals surface area contributed by atoms with Gasteiger partial charge in [-0.2, -0.15) is 13.2 Å². The number of nitrogens with zero attached hydrogens (tertiary/aromatic N) is 5. The van der Waals surface area contributed by atoms with Crippen LogP contribution in [0.2, 0.25) is 0 Å². The van der Waals surface area contributed by atoms with Crippen molar-refractivity contribution in [2.75, 3.05) is 36.5 Å². The Hall–Kier alpha value is -3.31. The van der Waals surface area contributed by atoms with Gasteiger partial charge in [-0.05, 0) is 68.6 Å². The number of aromatic nitrogens is 3. The van der Waals surface area contributed by atoms with E-state index >= 15 is 0 Å². The van der Waals surface area contributed by atoms with E-state index in [1.54, 1.807) is 18.3 Å². The average molecular weight is 531 g/mol. The molecule has 1 fully saturated rings. The first-order valence-electron chi connectivity index (χ1n) is 12.7. The van der Waals surface area contributed by atoms with Crippen molar-refractivity contribution in [2.45, 2.75) is 45.2 Å². The second-order valence-corrected chi connectivity index (χ2v) is 9.81. The predicted molar refractivity (Wildman–Crippen MR) is 136 cm³/mol. The summed E-state index contributed by atoms with van der Waals surface area (Å²) < 4.78 is 52.7. The highest BCUT2D eigenvalue weighted by atomic mass is 19.4. The first kappa shape index (κ1) is 26.3. The molecule has 1 aromatic carbocycles. The third kappa shape index (κ3) is 5.88. The lowest BCUT2D eigenvalue weighted by atomic mass is 9.98. The molecule has 202 valence electrons. The minimum absolute atomic E-state index is 0.189. The van der Waals surface area contributed by atoms with Crippen LogP contribution in [0.4, 0.5) is 34.9 Å². The topological polar surface area (TPSA) is 77.4 Å². The normalized spacial score (nSPS) is 16.9. The summed E-state index contributed by atoms with van der Waals surface area (Å²) in [5.41, 5.74) is 1.98. The van der Waals surface area contributed by atoms with E-state index in [0.29, 0.717) is 60.7 Å². The highest BCUT2D eigenvalue weighted by Crippen LogP contribution is 2.33. The minimum Gasteiger partial charge on any atom is -0.396 e. The van der Waals surface area contributed by atoms with Crippen LogP contribution in [-0.4, -0.2) is 51.2 Å². The molecule has 3 aromatic rings. The number of likely N-dealkylation sites (tertiary alicyclic amines) is 1. The lowest BCUT2D eigenvalue weighted by Crippen LogP contribution is -2.36. The van der Waals surface area contributed by atoms with E-state index in [4.69, 9.17) is 9.97 Å². The molecule has 11 heteroatoms. The third-order valence-corrected chi connectivity index (χ3v) is 7.23. The zero-order valence-electron chi connectivity index (χ0n) is 20.9. The molecule has 4 heterocycles. The van der Waals surface area contributed by atoms with Gasteiger partial charge in [0.15, 0.2) is 0 Å². The van der Waals surface area contributed by atoms with Gasteiger partial charge in [-0.25, -0.2) is 19.3 Å². The summed E-state index contributed by atoms with van der Waals surface area (Å²) in [6, 6.07) is 8.31. The van der Waals surface area contributed by atoms with Crippen molar-refractivity contribution in [2.24, 2.45) is 5.92 Å². The van der Waals surface area contributed by atoms with E-state index in [0.717, 1.165) is 49.3 Å². The van der Waals surface area contributed by atoms with Gasteiger partial charge >= 0.3 is 6.18 Å². The molecular formula is C27H30F4N6O. The number of halogens is 4. The molecule has 38 heavy (non-hydrogen) atoms. The Morgan fingerprint density at radius 1 is 1.03 bits per heavy atom. The standard InChI is InChI=1S/C27H30F4N6O/c28-14-19-2-1-10-32-26(19)37-13-9-22-23(15-37)34-24(16-36-11-7-18(17-38)8-12-36)35-25(22)33-21-5-3-20(4-6-21)27(29,30)31/h1-6,10,18,38H,7-9,11-17H2,(H,33,34,35). The molecule has 0 aliphatic carbocycles. The smallest absolute Gasteiger partial charge is 0.396 e. The molecule has 1 saturated heterocycles. The molecule has 2 aromatic heterocycles. The molecule has 2 aliphatic heterocycles. The average Bonchev–Trinajstić information content (AvgIpc) is 2.93. The van der Waals surface area contributed by atoms with Gasteiger partial charge in [-0.1, -0.05) is 6.07 Å². The Balaban J connectivity index is 1.43. The fourth-order valence-electron chi connectivity index (χ4n) is 5.06. The monoisotopic (exact) mass is 530 g/mol. The lowest BCUT2D eigenvalue weighted by Gasteiger charge is -2.33. The van der Waals surface area contributed by atoms with Gasteiger partial charge in [-0.15, -0.1) is 0 Å². The van der Waals surface area contributed by atoms with Crippen LogP contribution in [0.5, 0.6) is 0 Å². The molecule has 0 saturated carbocycles. The first-order valence-corrected chi connectivity index (χ1v) is 12.7. The highest BCUT2D eigenvalue weighted by molar-refractivity contribution is 5.62. The van der Waals surface area contributed by atoms with Crippen LogP contribution < -0.4 is 10.2 Å². The van der Waals surface area contributed by atoms with Gasteiger partial charge in [0, 0.05) is 36.2 Å². The number of hydrogen-bond acceptors (Lipinski definition) is 7.